The van der Waals surface area contributed by atoms with Crippen molar-refractivity contribution in [1.82, 2.24) is 5.32 Å². The molecule has 0 fully saturated rings. The van der Waals surface area contributed by atoms with Gasteiger partial charge in [-0.25, -0.2) is 4.79 Å². The summed E-state index contributed by atoms with van der Waals surface area (Å²) in [5.74, 6) is 0.182. The number of carboxylic acid groups (broad SMARTS) is 1. The molecule has 0 aliphatic heterocycles. The van der Waals surface area contributed by atoms with Gasteiger partial charge in [-0.05, 0) is 31.2 Å². The van der Waals surface area contributed by atoms with Gasteiger partial charge in [0.2, 0.25) is 5.91 Å². The molecular weight excluding hydrogens is 308 g/mol. The molecule has 0 saturated carbocycles. The fourth-order valence-electron chi connectivity index (χ4n) is 2.62. The lowest BCUT2D eigenvalue weighted by Gasteiger charge is -2.15. The zero-order valence-corrected chi connectivity index (χ0v) is 15.4. The Kier molecular flexibility index (Phi) is 14.7. The summed E-state index contributed by atoms with van der Waals surface area (Å²) in [5, 5.41) is 11.1. The predicted molar refractivity (Wildman–Crippen MR) is 95.8 cm³/mol. The summed E-state index contributed by atoms with van der Waals surface area (Å²) in [5.41, 5.74) is 5.51. The van der Waals surface area contributed by atoms with Crippen molar-refractivity contribution in [1.29, 1.82) is 0 Å². The molecule has 6 heteroatoms. The van der Waals surface area contributed by atoms with Crippen LogP contribution in [-0.2, 0) is 14.3 Å². The van der Waals surface area contributed by atoms with E-state index < -0.39 is 12.6 Å². The van der Waals surface area contributed by atoms with Crippen molar-refractivity contribution in [2.45, 2.75) is 65.2 Å². The zero-order valence-electron chi connectivity index (χ0n) is 15.4. The molecule has 0 aliphatic carbocycles. The van der Waals surface area contributed by atoms with Gasteiger partial charge in [0, 0.05) is 6.54 Å². The van der Waals surface area contributed by atoms with Gasteiger partial charge < -0.3 is 20.9 Å². The van der Waals surface area contributed by atoms with Gasteiger partial charge in [-0.15, -0.1) is 0 Å². The molecule has 0 rings (SSSR count). The number of nitrogens with two attached hydrogens (primary N) is 1. The van der Waals surface area contributed by atoms with E-state index in [-0.39, 0.29) is 12.5 Å². The summed E-state index contributed by atoms with van der Waals surface area (Å²) in [6, 6.07) is 0. The number of hydrogen-bond donors (Lipinski definition) is 3. The quantitative estimate of drug-likeness (QED) is 0.374. The third-order valence-electron chi connectivity index (χ3n) is 4.21. The van der Waals surface area contributed by atoms with Crippen LogP contribution in [-0.4, -0.2) is 43.3 Å². The lowest BCUT2D eigenvalue weighted by atomic mass is 9.91. The van der Waals surface area contributed by atoms with Crippen molar-refractivity contribution in [3.8, 4) is 0 Å². The van der Waals surface area contributed by atoms with Gasteiger partial charge in [0.1, 0.15) is 13.2 Å². The Morgan fingerprint density at radius 1 is 0.958 bits per heavy atom. The van der Waals surface area contributed by atoms with Crippen molar-refractivity contribution in [3.05, 3.63) is 0 Å². The Hall–Kier alpha value is -1.14. The van der Waals surface area contributed by atoms with E-state index in [4.69, 9.17) is 15.6 Å². The molecule has 0 aromatic rings. The molecule has 0 spiro atoms. The molecule has 2 unspecified atom stereocenters. The molecule has 6 nitrogen and oxygen atoms in total. The van der Waals surface area contributed by atoms with E-state index in [1.54, 1.807) is 0 Å². The Balaban J connectivity index is 3.46. The maximum absolute atomic E-state index is 11.4. The number of nitrogens with one attached hydrogen (secondary N) is 1. The highest BCUT2D eigenvalue weighted by Crippen LogP contribution is 2.20. The van der Waals surface area contributed by atoms with Crippen LogP contribution in [0.2, 0.25) is 0 Å². The third-order valence-corrected chi connectivity index (χ3v) is 4.21. The van der Waals surface area contributed by atoms with E-state index in [2.05, 4.69) is 19.2 Å². The summed E-state index contributed by atoms with van der Waals surface area (Å²) >= 11 is 0. The predicted octanol–water partition coefficient (Wildman–Crippen LogP) is 2.56. The average Bonchev–Trinajstić information content (AvgIpc) is 2.52. The van der Waals surface area contributed by atoms with Crippen molar-refractivity contribution >= 4 is 11.9 Å². The van der Waals surface area contributed by atoms with E-state index in [0.29, 0.717) is 6.54 Å². The molecule has 142 valence electrons. The summed E-state index contributed by atoms with van der Waals surface area (Å²) < 4.78 is 4.72. The minimum Gasteiger partial charge on any atom is -0.480 e. The van der Waals surface area contributed by atoms with Crippen LogP contribution in [0.5, 0.6) is 0 Å². The van der Waals surface area contributed by atoms with E-state index in [0.717, 1.165) is 37.6 Å². The molecule has 0 aromatic heterocycles. The molecule has 0 aliphatic rings. The van der Waals surface area contributed by atoms with Gasteiger partial charge in [0.15, 0.2) is 0 Å². The molecule has 0 radical (unpaired) electrons. The molecule has 2 atom stereocenters. The number of carbonyl (C=O) groups is 2. The van der Waals surface area contributed by atoms with E-state index in [9.17, 15) is 9.59 Å². The first-order chi connectivity index (χ1) is 11.5. The van der Waals surface area contributed by atoms with Crippen molar-refractivity contribution in [3.63, 3.8) is 0 Å². The van der Waals surface area contributed by atoms with Crippen LogP contribution < -0.4 is 11.1 Å². The van der Waals surface area contributed by atoms with Gasteiger partial charge in [0.25, 0.3) is 0 Å². The van der Waals surface area contributed by atoms with Gasteiger partial charge in [-0.1, -0.05) is 52.4 Å². The molecular formula is C18H36N2O4. The second-order valence-electron chi connectivity index (χ2n) is 6.80. The molecule has 24 heavy (non-hydrogen) atoms. The second kappa shape index (κ2) is 15.4. The Morgan fingerprint density at radius 3 is 2.08 bits per heavy atom. The first-order valence-corrected chi connectivity index (χ1v) is 9.22. The van der Waals surface area contributed by atoms with Crippen molar-refractivity contribution < 1.29 is 19.4 Å². The second-order valence-corrected chi connectivity index (χ2v) is 6.80. The van der Waals surface area contributed by atoms with Crippen LogP contribution in [0.1, 0.15) is 65.2 Å². The third kappa shape index (κ3) is 15.7. The fraction of sp³-hybridized carbons (Fsp3) is 0.889. The summed E-state index contributed by atoms with van der Waals surface area (Å²) in [6.07, 6.45) is 9.41. The zero-order chi connectivity index (χ0) is 18.2. The summed E-state index contributed by atoms with van der Waals surface area (Å²) in [6.45, 7) is 5.42. The summed E-state index contributed by atoms with van der Waals surface area (Å²) in [4.78, 5) is 21.6. The lowest BCUT2D eigenvalue weighted by Crippen LogP contribution is -2.29. The number of aliphatic carboxylic acids is 1. The van der Waals surface area contributed by atoms with Crippen molar-refractivity contribution in [2.75, 3.05) is 26.3 Å². The van der Waals surface area contributed by atoms with Crippen LogP contribution in [0.25, 0.3) is 0 Å². The van der Waals surface area contributed by atoms with Gasteiger partial charge >= 0.3 is 5.97 Å². The number of carbonyl (C=O) groups excluding carboxylic acids is 1. The van der Waals surface area contributed by atoms with Crippen LogP contribution in [0.15, 0.2) is 0 Å². The first-order valence-electron chi connectivity index (χ1n) is 9.22. The number of rotatable bonds is 16. The maximum atomic E-state index is 11.4. The number of carboxylic acids is 1. The van der Waals surface area contributed by atoms with Crippen LogP contribution >= 0.6 is 0 Å². The SMILES string of the molecule is CC(CCCCN)CCC(C)CCCCNC(=O)COCC(=O)O. The fourth-order valence-corrected chi connectivity index (χ4v) is 2.62. The van der Waals surface area contributed by atoms with E-state index >= 15 is 0 Å². The van der Waals surface area contributed by atoms with Crippen LogP contribution in [0.4, 0.5) is 0 Å². The smallest absolute Gasteiger partial charge is 0.329 e. The Labute approximate surface area is 146 Å². The first kappa shape index (κ1) is 22.9. The number of hydrogen-bond acceptors (Lipinski definition) is 4. The highest BCUT2D eigenvalue weighted by molar-refractivity contribution is 5.77. The normalized spacial score (nSPS) is 13.5. The molecule has 1 amide bonds. The summed E-state index contributed by atoms with van der Waals surface area (Å²) in [7, 11) is 0. The average molecular weight is 344 g/mol. The van der Waals surface area contributed by atoms with Crippen LogP contribution in [0, 0.1) is 11.8 Å². The maximum Gasteiger partial charge on any atom is 0.329 e. The monoisotopic (exact) mass is 344 g/mol. The van der Waals surface area contributed by atoms with Gasteiger partial charge in [0.05, 0.1) is 0 Å². The van der Waals surface area contributed by atoms with Gasteiger partial charge in [-0.2, -0.15) is 0 Å². The number of ether oxygens (including phenoxy) is 1. The standard InChI is InChI=1S/C18H36N2O4/c1-15(7-3-5-11-19)9-10-16(2)8-4-6-12-20-17(21)13-24-14-18(22)23/h15-16H,3-14,19H2,1-2H3,(H,20,21)(H,22,23). The van der Waals surface area contributed by atoms with Crippen LogP contribution in [0.3, 0.4) is 0 Å². The highest BCUT2D eigenvalue weighted by Gasteiger charge is 2.07. The molecule has 0 saturated heterocycles. The Bertz CT molecular complexity index is 337. The molecule has 0 aromatic carbocycles. The van der Waals surface area contributed by atoms with Crippen molar-refractivity contribution in [2.24, 2.45) is 17.6 Å². The number of amides is 1. The topological polar surface area (TPSA) is 102 Å². The minimum absolute atomic E-state index is 0.190. The van der Waals surface area contributed by atoms with E-state index in [1.807, 2.05) is 0 Å². The van der Waals surface area contributed by atoms with E-state index in [1.165, 1.54) is 32.1 Å². The molecule has 0 heterocycles. The molecule has 0 bridgehead atoms. The Morgan fingerprint density at radius 2 is 1.54 bits per heavy atom. The highest BCUT2D eigenvalue weighted by atomic mass is 16.5. The molecule has 4 N–H and O–H groups in total. The largest absolute Gasteiger partial charge is 0.480 e. The minimum atomic E-state index is -1.06. The lowest BCUT2D eigenvalue weighted by molar-refractivity contribution is -0.143. The number of unbranched alkanes of at least 4 members (excludes halogenated alkanes) is 2. The van der Waals surface area contributed by atoms with Gasteiger partial charge in [-0.3, -0.25) is 4.79 Å².